The van der Waals surface area contributed by atoms with Gasteiger partial charge in [0.05, 0.1) is 0 Å². The molecule has 1 N–H and O–H groups in total. The molecule has 0 amide bonds. The molecule has 0 radical (unpaired) electrons. The molecule has 0 bridgehead atoms. The van der Waals surface area contributed by atoms with Crippen molar-refractivity contribution in [2.45, 2.75) is 13.5 Å². The Hall–Kier alpha value is -2.67. The summed E-state index contributed by atoms with van der Waals surface area (Å²) in [5.41, 5.74) is 1.70. The number of aromatic hydroxyl groups is 1. The number of hydrogen-bond acceptors (Lipinski definition) is 6. The molecule has 0 fully saturated rings. The van der Waals surface area contributed by atoms with Gasteiger partial charge in [-0.3, -0.25) is 0 Å². The molecule has 122 valence electrons. The van der Waals surface area contributed by atoms with Crippen LogP contribution < -0.4 is 0 Å². The highest BCUT2D eigenvalue weighted by molar-refractivity contribution is 9.10. The molecule has 0 spiro atoms. The van der Waals surface area contributed by atoms with Crippen LogP contribution in [0.5, 0.6) is 5.75 Å². The molecule has 0 aliphatic carbocycles. The Morgan fingerprint density at radius 1 is 1.21 bits per heavy atom. The fourth-order valence-corrected chi connectivity index (χ4v) is 2.30. The molecular formula is C17H13BrN2O4. The van der Waals surface area contributed by atoms with Crippen LogP contribution >= 0.6 is 15.9 Å². The molecule has 0 saturated heterocycles. The van der Waals surface area contributed by atoms with Gasteiger partial charge in [0, 0.05) is 10.0 Å². The topological polar surface area (TPSA) is 85.5 Å². The maximum Gasteiger partial charge on any atom is 0.342 e. The van der Waals surface area contributed by atoms with Crippen LogP contribution in [0.15, 0.2) is 51.4 Å². The van der Waals surface area contributed by atoms with Crippen molar-refractivity contribution in [2.75, 3.05) is 0 Å². The number of benzene rings is 2. The zero-order chi connectivity index (χ0) is 17.1. The van der Waals surface area contributed by atoms with Crippen LogP contribution in [-0.2, 0) is 11.3 Å². The lowest BCUT2D eigenvalue weighted by atomic mass is 10.1. The second kappa shape index (κ2) is 6.84. The fourth-order valence-electron chi connectivity index (χ4n) is 2.04. The summed E-state index contributed by atoms with van der Waals surface area (Å²) in [6.07, 6.45) is 0. The van der Waals surface area contributed by atoms with Gasteiger partial charge in [-0.25, -0.2) is 4.79 Å². The zero-order valence-corrected chi connectivity index (χ0v) is 14.3. The molecule has 0 atom stereocenters. The predicted molar refractivity (Wildman–Crippen MR) is 89.4 cm³/mol. The van der Waals surface area contributed by atoms with Crippen LogP contribution in [0.3, 0.4) is 0 Å². The van der Waals surface area contributed by atoms with Crippen molar-refractivity contribution in [1.29, 1.82) is 0 Å². The first-order valence-corrected chi connectivity index (χ1v) is 7.87. The number of aromatic nitrogens is 2. The largest absolute Gasteiger partial charge is 0.507 e. The van der Waals surface area contributed by atoms with Gasteiger partial charge in [-0.2, -0.15) is 0 Å². The first-order valence-electron chi connectivity index (χ1n) is 7.08. The normalized spacial score (nSPS) is 10.6. The Bertz CT molecular complexity index is 875. The number of halogens is 1. The highest BCUT2D eigenvalue weighted by atomic mass is 79.9. The third-order valence-corrected chi connectivity index (χ3v) is 3.79. The minimum atomic E-state index is -0.657. The van der Waals surface area contributed by atoms with Gasteiger partial charge in [0.25, 0.3) is 5.89 Å². The van der Waals surface area contributed by atoms with Gasteiger partial charge < -0.3 is 14.3 Å². The Morgan fingerprint density at radius 3 is 2.67 bits per heavy atom. The molecule has 3 aromatic rings. The van der Waals surface area contributed by atoms with Crippen molar-refractivity contribution in [3.8, 4) is 17.2 Å². The fraction of sp³-hybridized carbons (Fsp3) is 0.118. The van der Waals surface area contributed by atoms with Crippen molar-refractivity contribution in [1.82, 2.24) is 10.2 Å². The number of rotatable bonds is 4. The van der Waals surface area contributed by atoms with E-state index in [9.17, 15) is 9.90 Å². The van der Waals surface area contributed by atoms with Gasteiger partial charge in [-0.1, -0.05) is 22.0 Å². The second-order valence-corrected chi connectivity index (χ2v) is 6.02. The molecule has 3 rings (SSSR count). The second-order valence-electron chi connectivity index (χ2n) is 5.10. The number of nitrogens with zero attached hydrogens (tertiary/aromatic N) is 2. The van der Waals surface area contributed by atoms with E-state index in [0.29, 0.717) is 5.89 Å². The van der Waals surface area contributed by atoms with Crippen LogP contribution in [0.25, 0.3) is 11.5 Å². The number of phenols is 1. The number of esters is 1. The van der Waals surface area contributed by atoms with Gasteiger partial charge >= 0.3 is 5.97 Å². The number of ether oxygens (including phenoxy) is 1. The van der Waals surface area contributed by atoms with E-state index in [1.165, 1.54) is 12.1 Å². The number of phenolic OH excluding ortho intramolecular Hbond substituents is 1. The maximum atomic E-state index is 12.0. The van der Waals surface area contributed by atoms with Crippen LogP contribution in [0.4, 0.5) is 0 Å². The van der Waals surface area contributed by atoms with E-state index in [1.54, 1.807) is 6.07 Å². The smallest absolute Gasteiger partial charge is 0.342 e. The molecule has 0 saturated carbocycles. The lowest BCUT2D eigenvalue weighted by Crippen LogP contribution is -2.05. The molecule has 1 heterocycles. The summed E-state index contributed by atoms with van der Waals surface area (Å²) in [7, 11) is 0. The van der Waals surface area contributed by atoms with Crippen molar-refractivity contribution in [2.24, 2.45) is 0 Å². The van der Waals surface area contributed by atoms with Crippen molar-refractivity contribution < 1.29 is 19.1 Å². The van der Waals surface area contributed by atoms with E-state index in [-0.39, 0.29) is 23.8 Å². The molecular weight excluding hydrogens is 376 g/mol. The van der Waals surface area contributed by atoms with Crippen LogP contribution in [0, 0.1) is 6.92 Å². The van der Waals surface area contributed by atoms with Crippen LogP contribution in [0.2, 0.25) is 0 Å². The molecule has 0 aliphatic heterocycles. The van der Waals surface area contributed by atoms with E-state index >= 15 is 0 Å². The lowest BCUT2D eigenvalue weighted by molar-refractivity contribution is 0.0435. The minimum Gasteiger partial charge on any atom is -0.507 e. The van der Waals surface area contributed by atoms with Gasteiger partial charge in [-0.15, -0.1) is 10.2 Å². The molecule has 0 aliphatic rings. The lowest BCUT2D eigenvalue weighted by Gasteiger charge is -2.05. The average molecular weight is 389 g/mol. The summed E-state index contributed by atoms with van der Waals surface area (Å²) < 4.78 is 11.5. The Kier molecular flexibility index (Phi) is 4.61. The summed E-state index contributed by atoms with van der Waals surface area (Å²) in [4.78, 5) is 12.0. The zero-order valence-electron chi connectivity index (χ0n) is 12.7. The van der Waals surface area contributed by atoms with E-state index in [4.69, 9.17) is 9.15 Å². The number of carbonyl (C=O) groups excluding carboxylic acids is 1. The first-order chi connectivity index (χ1) is 11.5. The Morgan fingerprint density at radius 2 is 1.96 bits per heavy atom. The Labute approximate surface area is 146 Å². The molecule has 6 nitrogen and oxygen atoms in total. The quantitative estimate of drug-likeness (QED) is 0.682. The number of hydrogen-bond donors (Lipinski definition) is 1. The van der Waals surface area contributed by atoms with Crippen molar-refractivity contribution >= 4 is 21.9 Å². The number of aryl methyl sites for hydroxylation is 1. The van der Waals surface area contributed by atoms with E-state index in [1.807, 2.05) is 31.2 Å². The minimum absolute atomic E-state index is 0.0910. The molecule has 24 heavy (non-hydrogen) atoms. The number of carbonyl (C=O) groups is 1. The van der Waals surface area contributed by atoms with Gasteiger partial charge in [-0.05, 0) is 48.9 Å². The van der Waals surface area contributed by atoms with Crippen molar-refractivity contribution in [3.05, 3.63) is 64.0 Å². The van der Waals surface area contributed by atoms with E-state index in [0.717, 1.165) is 15.6 Å². The SMILES string of the molecule is Cc1ccc(C(=O)OCc2nnc(-c3ccc(Br)cc3)o2)c(O)c1. The van der Waals surface area contributed by atoms with Crippen LogP contribution in [-0.4, -0.2) is 21.3 Å². The van der Waals surface area contributed by atoms with Gasteiger partial charge in [0.2, 0.25) is 5.89 Å². The molecule has 0 unspecified atom stereocenters. The first kappa shape index (κ1) is 16.2. The van der Waals surface area contributed by atoms with Crippen LogP contribution in [0.1, 0.15) is 21.8 Å². The van der Waals surface area contributed by atoms with E-state index < -0.39 is 5.97 Å². The standard InChI is InChI=1S/C17H13BrN2O4/c1-10-2-7-13(14(21)8-10)17(22)23-9-15-19-20-16(24-15)11-3-5-12(18)6-4-11/h2-8,21H,9H2,1H3. The average Bonchev–Trinajstić information content (AvgIpc) is 3.02. The maximum absolute atomic E-state index is 12.0. The summed E-state index contributed by atoms with van der Waals surface area (Å²) >= 11 is 3.35. The summed E-state index contributed by atoms with van der Waals surface area (Å²) in [6, 6.07) is 12.1. The predicted octanol–water partition coefficient (Wildman–Crippen LogP) is 3.87. The molecule has 2 aromatic carbocycles. The third-order valence-electron chi connectivity index (χ3n) is 3.26. The molecule has 1 aromatic heterocycles. The highest BCUT2D eigenvalue weighted by Gasteiger charge is 2.15. The highest BCUT2D eigenvalue weighted by Crippen LogP contribution is 2.22. The molecule has 7 heteroatoms. The third kappa shape index (κ3) is 3.62. The monoisotopic (exact) mass is 388 g/mol. The summed E-state index contributed by atoms with van der Waals surface area (Å²) in [5.74, 6) is -0.267. The summed E-state index contributed by atoms with van der Waals surface area (Å²) in [5, 5.41) is 17.6. The summed E-state index contributed by atoms with van der Waals surface area (Å²) in [6.45, 7) is 1.65. The van der Waals surface area contributed by atoms with E-state index in [2.05, 4.69) is 26.1 Å². The van der Waals surface area contributed by atoms with Gasteiger partial charge in [0.15, 0.2) is 6.61 Å². The Balaban J connectivity index is 1.67. The van der Waals surface area contributed by atoms with Gasteiger partial charge in [0.1, 0.15) is 11.3 Å². The van der Waals surface area contributed by atoms with Crippen molar-refractivity contribution in [3.63, 3.8) is 0 Å².